The molecule has 0 spiro atoms. The van der Waals surface area contributed by atoms with Crippen molar-refractivity contribution < 1.29 is 4.74 Å². The van der Waals surface area contributed by atoms with Crippen molar-refractivity contribution in [2.45, 2.75) is 6.92 Å². The molecule has 0 aliphatic heterocycles. The summed E-state index contributed by atoms with van der Waals surface area (Å²) in [5.74, 6) is 0.924. The summed E-state index contributed by atoms with van der Waals surface area (Å²) in [5.41, 5.74) is 3.46. The molecule has 8 heteroatoms. The van der Waals surface area contributed by atoms with Crippen LogP contribution in [0.5, 0.6) is 5.75 Å². The number of rotatable bonds is 4. The third kappa shape index (κ3) is 3.41. The van der Waals surface area contributed by atoms with E-state index in [1.807, 2.05) is 18.2 Å². The number of ether oxygens (including phenoxy) is 1. The number of benzene rings is 1. The molecule has 104 valence electrons. The summed E-state index contributed by atoms with van der Waals surface area (Å²) in [4.78, 5) is 13.8. The summed E-state index contributed by atoms with van der Waals surface area (Å²) >= 11 is 3.38. The van der Waals surface area contributed by atoms with Gasteiger partial charge in [-0.2, -0.15) is 5.10 Å². The zero-order valence-electron chi connectivity index (χ0n) is 10.8. The Kier molecular flexibility index (Phi) is 4.46. The Morgan fingerprint density at radius 1 is 1.45 bits per heavy atom. The Labute approximate surface area is 123 Å². The van der Waals surface area contributed by atoms with Gasteiger partial charge in [0.1, 0.15) is 11.4 Å². The van der Waals surface area contributed by atoms with Gasteiger partial charge in [-0.15, -0.1) is 10.2 Å². The second-order valence-electron chi connectivity index (χ2n) is 3.85. The molecule has 0 amide bonds. The third-order valence-electron chi connectivity index (χ3n) is 2.42. The fraction of sp³-hybridized carbons (Fsp3) is 0.167. The Balaban J connectivity index is 2.08. The van der Waals surface area contributed by atoms with Gasteiger partial charge >= 0.3 is 0 Å². The van der Waals surface area contributed by atoms with Crippen LogP contribution in [0.3, 0.4) is 0 Å². The molecule has 0 fully saturated rings. The lowest BCUT2D eigenvalue weighted by Crippen LogP contribution is -2.15. The molecule has 0 bridgehead atoms. The lowest BCUT2D eigenvalue weighted by Gasteiger charge is -2.03. The number of aromatic nitrogens is 3. The number of aromatic amines is 1. The minimum absolute atomic E-state index is 0.185. The molecule has 7 nitrogen and oxygen atoms in total. The number of hydrazone groups is 1. The summed E-state index contributed by atoms with van der Waals surface area (Å²) < 4.78 is 5.96. The first kappa shape index (κ1) is 14.2. The average molecular weight is 338 g/mol. The number of H-pyrrole nitrogens is 1. The fourth-order valence-corrected chi connectivity index (χ4v) is 1.93. The number of halogens is 1. The molecule has 0 saturated heterocycles. The van der Waals surface area contributed by atoms with E-state index < -0.39 is 0 Å². The zero-order chi connectivity index (χ0) is 14.5. The topological polar surface area (TPSA) is 92.3 Å². The van der Waals surface area contributed by atoms with E-state index in [0.29, 0.717) is 5.69 Å². The van der Waals surface area contributed by atoms with Crippen LogP contribution in [-0.2, 0) is 0 Å². The molecule has 0 saturated carbocycles. The maximum Gasteiger partial charge on any atom is 0.274 e. The average Bonchev–Trinajstić information content (AvgIpc) is 2.43. The Morgan fingerprint density at radius 2 is 2.25 bits per heavy atom. The molecule has 0 unspecified atom stereocenters. The van der Waals surface area contributed by atoms with Crippen molar-refractivity contribution in [1.82, 2.24) is 15.2 Å². The van der Waals surface area contributed by atoms with E-state index in [1.165, 1.54) is 0 Å². The fourth-order valence-electron chi connectivity index (χ4n) is 1.37. The number of nitrogens with zero attached hydrogens (tertiary/aromatic N) is 3. The zero-order valence-corrected chi connectivity index (χ0v) is 12.4. The van der Waals surface area contributed by atoms with Gasteiger partial charge in [0.25, 0.3) is 5.56 Å². The van der Waals surface area contributed by atoms with Crippen molar-refractivity contribution in [3.05, 3.63) is 44.3 Å². The van der Waals surface area contributed by atoms with Crippen LogP contribution in [0.2, 0.25) is 0 Å². The van der Waals surface area contributed by atoms with E-state index in [1.54, 1.807) is 20.2 Å². The molecular formula is C12H12BrN5O2. The van der Waals surface area contributed by atoms with E-state index in [9.17, 15) is 4.79 Å². The van der Waals surface area contributed by atoms with Gasteiger partial charge < -0.3 is 4.74 Å². The van der Waals surface area contributed by atoms with Gasteiger partial charge in [-0.3, -0.25) is 9.78 Å². The van der Waals surface area contributed by atoms with Crippen LogP contribution in [-0.4, -0.2) is 28.5 Å². The second-order valence-corrected chi connectivity index (χ2v) is 4.71. The van der Waals surface area contributed by atoms with E-state index in [0.717, 1.165) is 15.8 Å². The highest BCUT2D eigenvalue weighted by atomic mass is 79.9. The minimum atomic E-state index is -0.301. The third-order valence-corrected chi connectivity index (χ3v) is 3.04. The summed E-state index contributed by atoms with van der Waals surface area (Å²) in [5, 5.41) is 11.4. The standard InChI is InChI=1S/C12H12BrN5O2/c1-7-11(19)15-12(18-16-7)17-14-6-8-3-4-10(20-2)9(13)5-8/h3-6H,1-2H3,(H2,15,17,18,19). The number of methoxy groups -OCH3 is 1. The molecule has 0 atom stereocenters. The second kappa shape index (κ2) is 6.29. The molecule has 0 radical (unpaired) electrons. The summed E-state index contributed by atoms with van der Waals surface area (Å²) in [6.45, 7) is 1.58. The van der Waals surface area contributed by atoms with Crippen molar-refractivity contribution in [3.8, 4) is 5.75 Å². The smallest absolute Gasteiger partial charge is 0.274 e. The van der Waals surface area contributed by atoms with Crippen molar-refractivity contribution in [2.24, 2.45) is 5.10 Å². The van der Waals surface area contributed by atoms with Crippen LogP contribution in [0.25, 0.3) is 0 Å². The molecule has 1 heterocycles. The number of hydrogen-bond acceptors (Lipinski definition) is 6. The monoisotopic (exact) mass is 337 g/mol. The summed E-state index contributed by atoms with van der Waals surface area (Å²) in [6.07, 6.45) is 1.59. The highest BCUT2D eigenvalue weighted by Crippen LogP contribution is 2.24. The SMILES string of the molecule is COc1ccc(C=NNc2nnc(C)c(=O)[nH]2)cc1Br. The predicted molar refractivity (Wildman–Crippen MR) is 79.3 cm³/mol. The van der Waals surface area contributed by atoms with E-state index in [-0.39, 0.29) is 11.5 Å². The van der Waals surface area contributed by atoms with Crippen molar-refractivity contribution in [2.75, 3.05) is 12.5 Å². The lowest BCUT2D eigenvalue weighted by atomic mass is 10.2. The van der Waals surface area contributed by atoms with Crippen molar-refractivity contribution in [3.63, 3.8) is 0 Å². The number of anilines is 1. The molecule has 2 N–H and O–H groups in total. The number of hydrogen-bond donors (Lipinski definition) is 2. The van der Waals surface area contributed by atoms with Crippen molar-refractivity contribution >= 4 is 28.1 Å². The van der Waals surface area contributed by atoms with Crippen molar-refractivity contribution in [1.29, 1.82) is 0 Å². The Morgan fingerprint density at radius 3 is 2.90 bits per heavy atom. The summed E-state index contributed by atoms with van der Waals surface area (Å²) in [6, 6.07) is 5.52. The minimum Gasteiger partial charge on any atom is -0.496 e. The maximum absolute atomic E-state index is 11.3. The molecule has 0 aliphatic rings. The van der Waals surface area contributed by atoms with Gasteiger partial charge in [-0.25, -0.2) is 5.43 Å². The highest BCUT2D eigenvalue weighted by Gasteiger charge is 2.00. The van der Waals surface area contributed by atoms with Crippen LogP contribution in [0.4, 0.5) is 5.95 Å². The van der Waals surface area contributed by atoms with Crippen LogP contribution >= 0.6 is 15.9 Å². The van der Waals surface area contributed by atoms with Gasteiger partial charge in [0.05, 0.1) is 17.8 Å². The lowest BCUT2D eigenvalue weighted by molar-refractivity contribution is 0.412. The largest absolute Gasteiger partial charge is 0.496 e. The first-order valence-electron chi connectivity index (χ1n) is 5.66. The van der Waals surface area contributed by atoms with Gasteiger partial charge in [0, 0.05) is 0 Å². The summed E-state index contributed by atoms with van der Waals surface area (Å²) in [7, 11) is 1.60. The Bertz CT molecular complexity index is 698. The molecule has 0 aliphatic carbocycles. The molecule has 20 heavy (non-hydrogen) atoms. The van der Waals surface area contributed by atoms with Crippen LogP contribution in [0.1, 0.15) is 11.3 Å². The van der Waals surface area contributed by atoms with Gasteiger partial charge in [-0.05, 0) is 46.6 Å². The van der Waals surface area contributed by atoms with Crippen LogP contribution in [0.15, 0.2) is 32.6 Å². The maximum atomic E-state index is 11.3. The van der Waals surface area contributed by atoms with E-state index in [2.05, 4.69) is 41.6 Å². The van der Waals surface area contributed by atoms with E-state index in [4.69, 9.17) is 4.74 Å². The first-order valence-corrected chi connectivity index (χ1v) is 6.45. The van der Waals surface area contributed by atoms with Gasteiger partial charge in [-0.1, -0.05) is 0 Å². The van der Waals surface area contributed by atoms with Crippen LogP contribution in [0, 0.1) is 6.92 Å². The molecule has 1 aromatic carbocycles. The predicted octanol–water partition coefficient (Wildman–Crippen LogP) is 1.69. The molecular weight excluding hydrogens is 326 g/mol. The molecule has 1 aromatic heterocycles. The highest BCUT2D eigenvalue weighted by molar-refractivity contribution is 9.10. The molecule has 2 aromatic rings. The van der Waals surface area contributed by atoms with Gasteiger partial charge in [0.15, 0.2) is 0 Å². The molecule has 2 rings (SSSR count). The van der Waals surface area contributed by atoms with E-state index >= 15 is 0 Å². The normalized spacial score (nSPS) is 10.8. The Hall–Kier alpha value is -2.22. The number of aryl methyl sites for hydroxylation is 1. The van der Waals surface area contributed by atoms with Crippen LogP contribution < -0.4 is 15.7 Å². The van der Waals surface area contributed by atoms with Gasteiger partial charge in [0.2, 0.25) is 5.95 Å². The quantitative estimate of drug-likeness (QED) is 0.654. The first-order chi connectivity index (χ1) is 9.60. The number of nitrogens with one attached hydrogen (secondary N) is 2.